The van der Waals surface area contributed by atoms with Gasteiger partial charge in [-0.15, -0.1) is 15.3 Å². The maximum atomic E-state index is 12.7. The summed E-state index contributed by atoms with van der Waals surface area (Å²) in [5.41, 5.74) is 2.20. The van der Waals surface area contributed by atoms with E-state index in [1.54, 1.807) is 100 Å². The van der Waals surface area contributed by atoms with Gasteiger partial charge in [0.15, 0.2) is 17.1 Å². The third-order valence-corrected chi connectivity index (χ3v) is 14.1. The van der Waals surface area contributed by atoms with Gasteiger partial charge in [-0.2, -0.15) is 31.1 Å². The molecule has 6 aromatic rings. The number of unbranched alkanes of at least 4 members (excludes halogenated alkanes) is 3. The van der Waals surface area contributed by atoms with Crippen LogP contribution in [-0.4, -0.2) is 66.4 Å². The first-order valence-corrected chi connectivity index (χ1v) is 29.2. The lowest BCUT2D eigenvalue weighted by atomic mass is 9.99. The number of benzene rings is 3. The van der Waals surface area contributed by atoms with Crippen LogP contribution in [0.4, 0.5) is 34.1 Å². The maximum Gasteiger partial charge on any atom is 0.281 e. The summed E-state index contributed by atoms with van der Waals surface area (Å²) < 4.78 is 3.31. The number of amides is 3. The van der Waals surface area contributed by atoms with E-state index in [0.29, 0.717) is 72.3 Å². The quantitative estimate of drug-likeness (QED) is 0.0243. The van der Waals surface area contributed by atoms with Crippen molar-refractivity contribution in [3.63, 3.8) is 0 Å². The number of hydrogen-bond acceptors (Lipinski definition) is 18. The Morgan fingerprint density at radius 3 is 1.15 bits per heavy atom. The molecule has 24 nitrogen and oxygen atoms in total. The van der Waals surface area contributed by atoms with E-state index in [-0.39, 0.29) is 98.9 Å². The summed E-state index contributed by atoms with van der Waals surface area (Å²) in [5, 5.41) is 91.1. The van der Waals surface area contributed by atoms with Crippen LogP contribution in [-0.2, 0) is 19.6 Å². The van der Waals surface area contributed by atoms with Gasteiger partial charge < -0.3 is 31.3 Å². The van der Waals surface area contributed by atoms with E-state index in [4.69, 9.17) is 0 Å². The summed E-state index contributed by atoms with van der Waals surface area (Å²) in [6, 6.07) is 25.3. The zero-order chi connectivity index (χ0) is 65.0. The first-order valence-electron chi connectivity index (χ1n) is 29.2. The molecule has 3 aromatic carbocycles. The van der Waals surface area contributed by atoms with E-state index < -0.39 is 16.7 Å². The summed E-state index contributed by atoms with van der Waals surface area (Å²) in [7, 11) is 0. The van der Waals surface area contributed by atoms with Gasteiger partial charge in [0.25, 0.3) is 34.4 Å². The number of carbonyl (C=O) groups excluding carboxylic acids is 3. The minimum absolute atomic E-state index is 0.000654. The molecule has 88 heavy (non-hydrogen) atoms. The number of nitrogens with zero attached hydrogens (tertiary/aromatic N) is 12. The molecule has 6 N–H and O–H groups in total. The molecule has 0 bridgehead atoms. The predicted molar refractivity (Wildman–Crippen MR) is 334 cm³/mol. The second-order valence-corrected chi connectivity index (χ2v) is 20.1. The Hall–Kier alpha value is -10.4. The zero-order valence-electron chi connectivity index (χ0n) is 51.6. The van der Waals surface area contributed by atoms with Gasteiger partial charge in [-0.05, 0) is 140 Å². The fraction of sp³-hybridized carbons (Fsp3) is 0.391. The number of carbonyl (C=O) groups is 3. The van der Waals surface area contributed by atoms with Crippen molar-refractivity contribution in [2.45, 2.75) is 140 Å². The predicted octanol–water partition coefficient (Wildman–Crippen LogP) is 12.5. The molecule has 0 saturated carbocycles. The molecular weight excluding hydrogens is 1120 g/mol. The summed E-state index contributed by atoms with van der Waals surface area (Å²) in [6.45, 7) is 20.7. The van der Waals surface area contributed by atoms with Gasteiger partial charge in [0.2, 0.25) is 17.6 Å². The summed E-state index contributed by atoms with van der Waals surface area (Å²) in [5.74, 6) is -1.08. The van der Waals surface area contributed by atoms with Crippen LogP contribution in [0.1, 0.15) is 164 Å². The minimum atomic E-state index is -0.521. The topological polar surface area (TPSA) is 360 Å². The van der Waals surface area contributed by atoms with Gasteiger partial charge >= 0.3 is 0 Å². The van der Waals surface area contributed by atoms with E-state index in [1.807, 2.05) is 32.1 Å². The number of nitriles is 3. The van der Waals surface area contributed by atoms with Gasteiger partial charge in [-0.3, -0.25) is 42.5 Å². The number of aromatic nitrogens is 3. The van der Waals surface area contributed by atoms with Crippen molar-refractivity contribution in [2.24, 2.45) is 36.6 Å². The van der Waals surface area contributed by atoms with Crippen molar-refractivity contribution >= 4 is 51.8 Å². The minimum Gasteiger partial charge on any atom is -0.493 e. The van der Waals surface area contributed by atoms with Crippen LogP contribution in [0.2, 0.25) is 0 Å². The third kappa shape index (κ3) is 18.3. The van der Waals surface area contributed by atoms with Crippen LogP contribution in [0.3, 0.4) is 0 Å². The van der Waals surface area contributed by atoms with Gasteiger partial charge in [0.05, 0.1) is 17.1 Å². The number of aromatic hydroxyl groups is 3. The molecule has 462 valence electrons. The average molecular weight is 1200 g/mol. The largest absolute Gasteiger partial charge is 0.493 e. The molecule has 0 aliphatic carbocycles. The van der Waals surface area contributed by atoms with E-state index in [0.717, 1.165) is 58.6 Å². The lowest BCUT2D eigenvalue weighted by molar-refractivity contribution is 0.0940. The van der Waals surface area contributed by atoms with Gasteiger partial charge in [-0.25, -0.2) is 0 Å². The van der Waals surface area contributed by atoms with Crippen molar-refractivity contribution in [2.75, 3.05) is 19.6 Å². The van der Waals surface area contributed by atoms with Crippen molar-refractivity contribution in [3.8, 4) is 35.8 Å². The molecule has 0 radical (unpaired) electrons. The monoisotopic (exact) mass is 1200 g/mol. The second-order valence-electron chi connectivity index (χ2n) is 20.1. The zero-order valence-corrected chi connectivity index (χ0v) is 51.6. The molecule has 3 heterocycles. The molecule has 1 atom stereocenters. The fourth-order valence-electron chi connectivity index (χ4n) is 8.67. The van der Waals surface area contributed by atoms with E-state index in [1.165, 1.54) is 6.92 Å². The SMILES string of the molecule is CCCCC(CC)CNC(=O)c1ccc(N=Nc2c(C)c(C#N)c(O)n(CC)c2=O)cc1.CCCCNC(=O)c1ccc(N=Nc2c(C)c(C#N)c(O)n(CC)c2=O)cc1.CCCCn1c(O)c(C#N)c(C)c(N=Nc2ccc(C(=O)NCC)cc2)c1=O. The Kier molecular flexibility index (Phi) is 28.0. The Morgan fingerprint density at radius 1 is 0.477 bits per heavy atom. The molecule has 24 heteroatoms. The molecule has 1 unspecified atom stereocenters. The highest BCUT2D eigenvalue weighted by molar-refractivity contribution is 5.95. The first kappa shape index (κ1) is 70.1. The molecule has 3 aromatic heterocycles. The van der Waals surface area contributed by atoms with E-state index in [2.05, 4.69) is 67.4 Å². The van der Waals surface area contributed by atoms with Crippen LogP contribution in [0.15, 0.2) is 118 Å². The number of hydrogen-bond donors (Lipinski definition) is 6. The van der Waals surface area contributed by atoms with E-state index in [9.17, 15) is 59.9 Å². The first-order chi connectivity index (χ1) is 42.2. The highest BCUT2D eigenvalue weighted by atomic mass is 16.3. The van der Waals surface area contributed by atoms with Crippen molar-refractivity contribution in [1.82, 2.24) is 29.7 Å². The molecule has 0 spiro atoms. The Labute approximate surface area is 511 Å². The van der Waals surface area contributed by atoms with Gasteiger partial charge in [0.1, 0.15) is 34.9 Å². The van der Waals surface area contributed by atoms with Crippen molar-refractivity contribution in [1.29, 1.82) is 15.8 Å². The Morgan fingerprint density at radius 2 is 0.818 bits per heavy atom. The summed E-state index contributed by atoms with van der Waals surface area (Å²) >= 11 is 0. The number of pyridine rings is 3. The molecule has 3 amide bonds. The molecule has 0 fully saturated rings. The maximum absolute atomic E-state index is 12.7. The number of rotatable bonds is 24. The Balaban J connectivity index is 0.000000283. The van der Waals surface area contributed by atoms with Gasteiger partial charge in [-0.1, -0.05) is 59.8 Å². The average Bonchev–Trinajstić information content (AvgIpc) is 2.57. The fourth-order valence-corrected chi connectivity index (χ4v) is 8.67. The molecular formula is C64H77N15O9. The van der Waals surface area contributed by atoms with Crippen molar-refractivity contribution in [3.05, 3.63) is 154 Å². The summed E-state index contributed by atoms with van der Waals surface area (Å²) in [6.07, 6.45) is 7.88. The van der Waals surface area contributed by atoms with Crippen LogP contribution in [0.5, 0.6) is 17.6 Å². The third-order valence-electron chi connectivity index (χ3n) is 14.1. The number of nitrogens with one attached hydrogen (secondary N) is 3. The highest BCUT2D eigenvalue weighted by Crippen LogP contribution is 2.30. The normalized spacial score (nSPS) is 11.2. The second kappa shape index (κ2) is 35.1. The van der Waals surface area contributed by atoms with Crippen molar-refractivity contribution < 1.29 is 29.7 Å². The van der Waals surface area contributed by atoms with Crippen LogP contribution < -0.4 is 32.6 Å². The van der Waals surface area contributed by atoms with Gasteiger partial charge in [0, 0.05) is 72.6 Å². The lowest BCUT2D eigenvalue weighted by Crippen LogP contribution is -2.29. The molecule has 0 saturated heterocycles. The standard InChI is InChI=1S/C24H31N5O3.2C20H23N5O3/c1-5-8-9-17(6-2)15-26-22(30)18-10-12-19(13-11-18)27-28-21-16(4)20(14-25)23(31)29(7-3)24(21)32;1-4-6-11-22-18(26)14-7-9-15(10-8-14)23-24-17-13(3)16(12-21)19(27)25(5-2)20(17)28;1-4-6-11-25-19(27)16(12-21)13(3)17(20(25)28)24-23-15-9-7-14(8-10-15)18(26)22-5-2/h10-13,17,31H,5-9,15H2,1-4H3,(H,26,30);2*7-10,27H,4-6,11H2,1-3H3,(H,22,26). The molecule has 0 aliphatic rings. The summed E-state index contributed by atoms with van der Waals surface area (Å²) in [4.78, 5) is 74.0. The lowest BCUT2D eigenvalue weighted by Gasteiger charge is -2.15. The van der Waals surface area contributed by atoms with E-state index >= 15 is 0 Å². The molecule has 0 aliphatic heterocycles. The molecule has 6 rings (SSSR count). The number of azo groups is 3. The van der Waals surface area contributed by atoms with Crippen LogP contribution in [0.25, 0.3) is 0 Å². The van der Waals surface area contributed by atoms with Crippen LogP contribution >= 0.6 is 0 Å². The Bertz CT molecular complexity index is 3830. The smallest absolute Gasteiger partial charge is 0.281 e. The van der Waals surface area contributed by atoms with Crippen LogP contribution in [0, 0.1) is 60.7 Å². The highest BCUT2D eigenvalue weighted by Gasteiger charge is 2.22.